The van der Waals surface area contributed by atoms with Crippen LogP contribution >= 0.6 is 34.8 Å². The monoisotopic (exact) mass is 514 g/mol. The molecular formula is C24H13Cl3N2O5. The Morgan fingerprint density at radius 1 is 0.882 bits per heavy atom. The minimum atomic E-state index is -0.751. The highest BCUT2D eigenvalue weighted by atomic mass is 35.5. The first kappa shape index (κ1) is 23.5. The number of esters is 1. The molecule has 0 saturated heterocycles. The molecule has 1 aliphatic heterocycles. The van der Waals surface area contributed by atoms with Crippen LogP contribution in [0.5, 0.6) is 5.75 Å². The van der Waals surface area contributed by atoms with Gasteiger partial charge < -0.3 is 10.1 Å². The van der Waals surface area contributed by atoms with E-state index in [1.165, 1.54) is 66.7 Å². The topological polar surface area (TPSA) is 92.8 Å². The summed E-state index contributed by atoms with van der Waals surface area (Å²) >= 11 is 18.2. The van der Waals surface area contributed by atoms with Crippen molar-refractivity contribution in [1.82, 2.24) is 0 Å². The molecule has 1 N–H and O–H groups in total. The van der Waals surface area contributed by atoms with E-state index in [2.05, 4.69) is 5.32 Å². The van der Waals surface area contributed by atoms with Crippen molar-refractivity contribution < 1.29 is 23.9 Å². The number of hydrogen-bond donors (Lipinski definition) is 1. The summed E-state index contributed by atoms with van der Waals surface area (Å²) in [5.41, 5.74) is 1.07. The number of imide groups is 1. The van der Waals surface area contributed by atoms with Crippen molar-refractivity contribution >= 4 is 70.2 Å². The van der Waals surface area contributed by atoms with Crippen molar-refractivity contribution in [1.29, 1.82) is 0 Å². The van der Waals surface area contributed by atoms with Gasteiger partial charge in [-0.3, -0.25) is 14.4 Å². The van der Waals surface area contributed by atoms with Crippen molar-refractivity contribution in [2.45, 2.75) is 0 Å². The number of amides is 2. The van der Waals surface area contributed by atoms with E-state index in [1.54, 1.807) is 0 Å². The van der Waals surface area contributed by atoms with Crippen molar-refractivity contribution in [2.75, 3.05) is 10.2 Å². The fourth-order valence-corrected chi connectivity index (χ4v) is 3.68. The molecule has 1 heterocycles. The third-order valence-corrected chi connectivity index (χ3v) is 5.70. The molecular weight excluding hydrogens is 503 g/mol. The third-order valence-electron chi connectivity index (χ3n) is 4.79. The molecule has 0 bridgehead atoms. The maximum atomic E-state index is 12.9. The second kappa shape index (κ2) is 9.69. The van der Waals surface area contributed by atoms with Crippen LogP contribution in [0.25, 0.3) is 0 Å². The van der Waals surface area contributed by atoms with Gasteiger partial charge in [0.25, 0.3) is 11.8 Å². The molecule has 3 aromatic carbocycles. The van der Waals surface area contributed by atoms with Crippen molar-refractivity contribution in [3.8, 4) is 5.75 Å². The predicted octanol–water partition coefficient (Wildman–Crippen LogP) is 5.46. The van der Waals surface area contributed by atoms with Crippen molar-refractivity contribution in [2.24, 2.45) is 0 Å². The molecule has 0 spiro atoms. The lowest BCUT2D eigenvalue weighted by Crippen LogP contribution is -2.32. The molecule has 0 unspecified atom stereocenters. The number of nitrogens with one attached hydrogen (secondary N) is 1. The van der Waals surface area contributed by atoms with Gasteiger partial charge in [0, 0.05) is 16.3 Å². The Morgan fingerprint density at radius 3 is 2.21 bits per heavy atom. The lowest BCUT2D eigenvalue weighted by atomic mass is 10.2. The molecule has 0 aromatic heterocycles. The Hall–Kier alpha value is -3.65. The first-order valence-electron chi connectivity index (χ1n) is 9.66. The fraction of sp³-hybridized carbons (Fsp3) is 0. The standard InChI is InChI=1S/C24H13Cl3N2O5/c25-15-5-10-18(26)19(11-15)29-22(31)20(27)21(23(29)32)28-16-6-3-14(4-7-16)24(33)34-17-8-1-13(12-30)2-9-17/h1-12,28H. The average molecular weight is 516 g/mol. The minimum Gasteiger partial charge on any atom is -0.423 e. The molecule has 0 saturated carbocycles. The Labute approximate surface area is 208 Å². The van der Waals surface area contributed by atoms with Gasteiger partial charge in [-0.1, -0.05) is 34.8 Å². The summed E-state index contributed by atoms with van der Waals surface area (Å²) in [4.78, 5) is 49.5. The minimum absolute atomic E-state index is 0.110. The number of benzene rings is 3. The lowest BCUT2D eigenvalue weighted by molar-refractivity contribution is -0.120. The largest absolute Gasteiger partial charge is 0.423 e. The number of rotatable bonds is 6. The van der Waals surface area contributed by atoms with E-state index in [1.807, 2.05) is 0 Å². The number of nitrogens with zero attached hydrogens (tertiary/aromatic N) is 1. The van der Waals surface area contributed by atoms with Crippen LogP contribution < -0.4 is 15.0 Å². The van der Waals surface area contributed by atoms with E-state index in [9.17, 15) is 19.2 Å². The van der Waals surface area contributed by atoms with Crippen LogP contribution in [-0.4, -0.2) is 24.1 Å². The van der Waals surface area contributed by atoms with Crippen LogP contribution in [0.1, 0.15) is 20.7 Å². The molecule has 1 aliphatic rings. The van der Waals surface area contributed by atoms with Crippen LogP contribution in [-0.2, 0) is 9.59 Å². The van der Waals surface area contributed by atoms with Crippen LogP contribution in [0.15, 0.2) is 77.5 Å². The number of aldehydes is 1. The maximum Gasteiger partial charge on any atom is 0.343 e. The number of carbonyl (C=O) groups is 4. The number of ether oxygens (including phenoxy) is 1. The van der Waals surface area contributed by atoms with Gasteiger partial charge in [-0.25, -0.2) is 9.69 Å². The van der Waals surface area contributed by atoms with Gasteiger partial charge in [0.1, 0.15) is 22.8 Å². The van der Waals surface area contributed by atoms with Crippen LogP contribution in [0.2, 0.25) is 10.0 Å². The highest BCUT2D eigenvalue weighted by Gasteiger charge is 2.40. The molecule has 34 heavy (non-hydrogen) atoms. The molecule has 4 rings (SSSR count). The van der Waals surface area contributed by atoms with Gasteiger partial charge >= 0.3 is 5.97 Å². The Balaban J connectivity index is 1.48. The zero-order valence-electron chi connectivity index (χ0n) is 17.1. The normalized spacial score (nSPS) is 13.3. The second-order valence-electron chi connectivity index (χ2n) is 7.01. The van der Waals surface area contributed by atoms with Gasteiger partial charge in [0.05, 0.1) is 16.3 Å². The molecule has 3 aromatic rings. The highest BCUT2D eigenvalue weighted by Crippen LogP contribution is 2.35. The quantitative estimate of drug-likeness (QED) is 0.203. The van der Waals surface area contributed by atoms with Gasteiger partial charge in [0.2, 0.25) is 0 Å². The summed E-state index contributed by atoms with van der Waals surface area (Å²) in [5, 5.41) is 2.94. The Bertz CT molecular complexity index is 1350. The van der Waals surface area contributed by atoms with E-state index in [0.29, 0.717) is 22.6 Å². The van der Waals surface area contributed by atoms with E-state index in [-0.39, 0.29) is 32.8 Å². The molecule has 7 nitrogen and oxygen atoms in total. The molecule has 0 fully saturated rings. The van der Waals surface area contributed by atoms with Crippen molar-refractivity contribution in [3.63, 3.8) is 0 Å². The summed E-state index contributed by atoms with van der Waals surface area (Å²) in [6.07, 6.45) is 0.685. The van der Waals surface area contributed by atoms with E-state index in [0.717, 1.165) is 4.90 Å². The number of hydrogen-bond acceptors (Lipinski definition) is 6. The molecule has 2 amide bonds. The second-order valence-corrected chi connectivity index (χ2v) is 8.23. The van der Waals surface area contributed by atoms with Crippen LogP contribution in [0.4, 0.5) is 11.4 Å². The molecule has 0 aliphatic carbocycles. The van der Waals surface area contributed by atoms with Gasteiger partial charge in [-0.05, 0) is 66.7 Å². The number of halogens is 3. The van der Waals surface area contributed by atoms with E-state index < -0.39 is 17.8 Å². The fourth-order valence-electron chi connectivity index (χ4n) is 3.10. The summed E-state index contributed by atoms with van der Waals surface area (Å²) < 4.78 is 5.27. The van der Waals surface area contributed by atoms with Crippen LogP contribution in [0, 0.1) is 0 Å². The molecule has 10 heteroatoms. The van der Waals surface area contributed by atoms with Crippen molar-refractivity contribution in [3.05, 3.63) is 98.6 Å². The first-order chi connectivity index (χ1) is 16.3. The van der Waals surface area contributed by atoms with E-state index in [4.69, 9.17) is 39.5 Å². The zero-order chi connectivity index (χ0) is 24.4. The average Bonchev–Trinajstić information content (AvgIpc) is 3.04. The lowest BCUT2D eigenvalue weighted by Gasteiger charge is -2.17. The Morgan fingerprint density at radius 2 is 1.56 bits per heavy atom. The smallest absolute Gasteiger partial charge is 0.343 e. The van der Waals surface area contributed by atoms with Crippen LogP contribution in [0.3, 0.4) is 0 Å². The summed E-state index contributed by atoms with van der Waals surface area (Å²) in [7, 11) is 0. The molecule has 170 valence electrons. The molecule has 0 radical (unpaired) electrons. The van der Waals surface area contributed by atoms with E-state index >= 15 is 0 Å². The first-order valence-corrected chi connectivity index (χ1v) is 10.8. The van der Waals surface area contributed by atoms with Gasteiger partial charge in [-0.2, -0.15) is 0 Å². The van der Waals surface area contributed by atoms with Gasteiger partial charge in [-0.15, -0.1) is 0 Å². The zero-order valence-corrected chi connectivity index (χ0v) is 19.3. The third kappa shape index (κ3) is 4.68. The molecule has 0 atom stereocenters. The SMILES string of the molecule is O=Cc1ccc(OC(=O)c2ccc(NC3=C(Cl)C(=O)N(c4cc(Cl)ccc4Cl)C3=O)cc2)cc1. The summed E-state index contributed by atoms with van der Waals surface area (Å²) in [5.74, 6) is -1.79. The summed E-state index contributed by atoms with van der Waals surface area (Å²) in [6.45, 7) is 0. The maximum absolute atomic E-state index is 12.9. The Kier molecular flexibility index (Phi) is 6.70. The number of anilines is 2. The predicted molar refractivity (Wildman–Crippen MR) is 129 cm³/mol. The summed E-state index contributed by atoms with van der Waals surface area (Å²) in [6, 6.07) is 16.5. The highest BCUT2D eigenvalue weighted by molar-refractivity contribution is 6.54. The van der Waals surface area contributed by atoms with Gasteiger partial charge in [0.15, 0.2) is 0 Å². The number of carbonyl (C=O) groups excluding carboxylic acids is 4.